The number of benzene rings is 2. The molecule has 2 aromatic carbocycles. The highest BCUT2D eigenvalue weighted by Gasteiger charge is 2.18. The molecular weight excluding hydrogens is 200 g/mol. The third-order valence-electron chi connectivity index (χ3n) is 3.32. The first-order chi connectivity index (χ1) is 7.75. The van der Waals surface area contributed by atoms with Gasteiger partial charge in [-0.05, 0) is 40.3 Å². The predicted molar refractivity (Wildman–Crippen MR) is 62.7 cm³/mol. The maximum Gasteiger partial charge on any atom is 0.307 e. The summed E-state index contributed by atoms with van der Waals surface area (Å²) >= 11 is 0. The molecule has 1 aliphatic rings. The number of carboxylic acid groups (broad SMARTS) is 1. The summed E-state index contributed by atoms with van der Waals surface area (Å²) < 4.78 is 0. The molecule has 0 radical (unpaired) electrons. The Kier molecular flexibility index (Phi) is 1.96. The molecule has 0 saturated heterocycles. The van der Waals surface area contributed by atoms with Crippen molar-refractivity contribution in [3.63, 3.8) is 0 Å². The number of hydrogen-bond donors (Lipinski definition) is 1. The minimum Gasteiger partial charge on any atom is -0.481 e. The zero-order chi connectivity index (χ0) is 11.1. The van der Waals surface area contributed by atoms with Gasteiger partial charge in [-0.2, -0.15) is 0 Å². The van der Waals surface area contributed by atoms with Crippen molar-refractivity contribution in [3.05, 3.63) is 47.0 Å². The van der Waals surface area contributed by atoms with Gasteiger partial charge in [0.15, 0.2) is 0 Å². The number of aliphatic carboxylic acids is 1. The summed E-state index contributed by atoms with van der Waals surface area (Å²) in [4.78, 5) is 10.8. The van der Waals surface area contributed by atoms with Crippen LogP contribution in [-0.4, -0.2) is 11.1 Å². The maximum absolute atomic E-state index is 10.8. The molecule has 1 N–H and O–H groups in total. The van der Waals surface area contributed by atoms with Crippen LogP contribution < -0.4 is 0 Å². The SMILES string of the molecule is O=C(O)Cc1ccc2cccc3c2c1CC3. The van der Waals surface area contributed by atoms with E-state index in [4.69, 9.17) is 5.11 Å². The average molecular weight is 212 g/mol. The Bertz CT molecular complexity index is 585. The highest BCUT2D eigenvalue weighted by atomic mass is 16.4. The van der Waals surface area contributed by atoms with E-state index in [0.29, 0.717) is 0 Å². The molecule has 0 heterocycles. The van der Waals surface area contributed by atoms with Gasteiger partial charge >= 0.3 is 5.97 Å². The molecule has 0 saturated carbocycles. The Balaban J connectivity index is 2.26. The van der Waals surface area contributed by atoms with E-state index in [2.05, 4.69) is 18.2 Å². The van der Waals surface area contributed by atoms with E-state index in [1.54, 1.807) is 0 Å². The first-order valence-corrected chi connectivity index (χ1v) is 5.50. The van der Waals surface area contributed by atoms with Crippen molar-refractivity contribution in [2.24, 2.45) is 0 Å². The number of hydrogen-bond acceptors (Lipinski definition) is 1. The van der Waals surface area contributed by atoms with Crippen LogP contribution in [0.25, 0.3) is 10.8 Å². The molecule has 3 rings (SSSR count). The van der Waals surface area contributed by atoms with Crippen molar-refractivity contribution < 1.29 is 9.90 Å². The van der Waals surface area contributed by atoms with E-state index >= 15 is 0 Å². The van der Waals surface area contributed by atoms with Crippen molar-refractivity contribution in [2.75, 3.05) is 0 Å². The third-order valence-corrected chi connectivity index (χ3v) is 3.32. The van der Waals surface area contributed by atoms with Gasteiger partial charge in [0, 0.05) is 0 Å². The number of aryl methyl sites for hydroxylation is 2. The molecule has 2 nitrogen and oxygen atoms in total. The van der Waals surface area contributed by atoms with Crippen molar-refractivity contribution in [1.29, 1.82) is 0 Å². The molecule has 80 valence electrons. The molecule has 0 spiro atoms. The normalized spacial score (nSPS) is 13.2. The number of carboxylic acids is 1. The molecular formula is C14H12O2. The number of rotatable bonds is 2. The topological polar surface area (TPSA) is 37.3 Å². The lowest BCUT2D eigenvalue weighted by atomic mass is 9.98. The lowest BCUT2D eigenvalue weighted by molar-refractivity contribution is -0.136. The van der Waals surface area contributed by atoms with Crippen LogP contribution in [0.15, 0.2) is 30.3 Å². The van der Waals surface area contributed by atoms with Crippen molar-refractivity contribution in [1.82, 2.24) is 0 Å². The molecule has 0 aromatic heterocycles. The van der Waals surface area contributed by atoms with E-state index in [0.717, 1.165) is 18.4 Å². The van der Waals surface area contributed by atoms with Crippen molar-refractivity contribution in [3.8, 4) is 0 Å². The fourth-order valence-corrected chi connectivity index (χ4v) is 2.66. The molecule has 1 aliphatic carbocycles. The van der Waals surface area contributed by atoms with E-state index < -0.39 is 5.97 Å². The largest absolute Gasteiger partial charge is 0.481 e. The Morgan fingerprint density at radius 1 is 1.19 bits per heavy atom. The zero-order valence-electron chi connectivity index (χ0n) is 8.86. The minimum absolute atomic E-state index is 0.138. The maximum atomic E-state index is 10.8. The van der Waals surface area contributed by atoms with Crippen LogP contribution in [0.3, 0.4) is 0 Å². The van der Waals surface area contributed by atoms with Gasteiger partial charge in [0.2, 0.25) is 0 Å². The van der Waals surface area contributed by atoms with E-state index in [1.807, 2.05) is 12.1 Å². The summed E-state index contributed by atoms with van der Waals surface area (Å²) in [7, 11) is 0. The molecule has 2 heteroatoms. The van der Waals surface area contributed by atoms with Gasteiger partial charge < -0.3 is 5.11 Å². The smallest absolute Gasteiger partial charge is 0.307 e. The summed E-state index contributed by atoms with van der Waals surface area (Å²) in [5.74, 6) is -0.750. The summed E-state index contributed by atoms with van der Waals surface area (Å²) in [6.45, 7) is 0. The van der Waals surface area contributed by atoms with E-state index in [9.17, 15) is 4.79 Å². The zero-order valence-corrected chi connectivity index (χ0v) is 8.86. The summed E-state index contributed by atoms with van der Waals surface area (Å²) in [5.41, 5.74) is 3.58. The number of carbonyl (C=O) groups is 1. The second-order valence-corrected chi connectivity index (χ2v) is 4.29. The van der Waals surface area contributed by atoms with Gasteiger partial charge in [0.25, 0.3) is 0 Å². The first kappa shape index (κ1) is 9.40. The van der Waals surface area contributed by atoms with Gasteiger partial charge in [-0.25, -0.2) is 0 Å². The summed E-state index contributed by atoms with van der Waals surface area (Å²) in [6, 6.07) is 10.3. The van der Waals surface area contributed by atoms with Crippen LogP contribution in [0.5, 0.6) is 0 Å². The fourth-order valence-electron chi connectivity index (χ4n) is 2.66. The van der Waals surface area contributed by atoms with Crippen LogP contribution in [0.1, 0.15) is 16.7 Å². The van der Waals surface area contributed by atoms with E-state index in [-0.39, 0.29) is 6.42 Å². The van der Waals surface area contributed by atoms with Crippen LogP contribution in [-0.2, 0) is 24.1 Å². The lowest BCUT2D eigenvalue weighted by Gasteiger charge is -2.06. The summed E-state index contributed by atoms with van der Waals surface area (Å²) in [6.07, 6.45) is 2.17. The monoisotopic (exact) mass is 212 g/mol. The van der Waals surface area contributed by atoms with Gasteiger partial charge in [0.1, 0.15) is 0 Å². The van der Waals surface area contributed by atoms with Crippen LogP contribution in [0.4, 0.5) is 0 Å². The second-order valence-electron chi connectivity index (χ2n) is 4.29. The van der Waals surface area contributed by atoms with Crippen molar-refractivity contribution in [2.45, 2.75) is 19.3 Å². The minimum atomic E-state index is -0.750. The lowest BCUT2D eigenvalue weighted by Crippen LogP contribution is -2.02. The van der Waals surface area contributed by atoms with E-state index in [1.165, 1.54) is 21.9 Å². The molecule has 0 bridgehead atoms. The highest BCUT2D eigenvalue weighted by molar-refractivity contribution is 5.92. The Morgan fingerprint density at radius 2 is 2.06 bits per heavy atom. The predicted octanol–water partition coefficient (Wildman–Crippen LogP) is 2.57. The molecule has 0 atom stereocenters. The Hall–Kier alpha value is -1.83. The van der Waals surface area contributed by atoms with Crippen LogP contribution >= 0.6 is 0 Å². The Morgan fingerprint density at radius 3 is 2.88 bits per heavy atom. The second kappa shape index (κ2) is 3.34. The van der Waals surface area contributed by atoms with Crippen molar-refractivity contribution >= 4 is 16.7 Å². The van der Waals surface area contributed by atoms with Crippen LogP contribution in [0, 0.1) is 0 Å². The molecule has 0 unspecified atom stereocenters. The quantitative estimate of drug-likeness (QED) is 0.830. The van der Waals surface area contributed by atoms with Gasteiger partial charge in [-0.15, -0.1) is 0 Å². The summed E-state index contributed by atoms with van der Waals surface area (Å²) in [5, 5.41) is 11.4. The molecule has 0 fully saturated rings. The average Bonchev–Trinajstić information content (AvgIpc) is 2.68. The van der Waals surface area contributed by atoms with Gasteiger partial charge in [0.05, 0.1) is 6.42 Å². The van der Waals surface area contributed by atoms with Gasteiger partial charge in [-0.3, -0.25) is 4.79 Å². The molecule has 0 amide bonds. The third kappa shape index (κ3) is 1.30. The van der Waals surface area contributed by atoms with Gasteiger partial charge in [-0.1, -0.05) is 30.3 Å². The standard InChI is InChI=1S/C14H12O2/c15-13(16)8-11-5-4-9-2-1-3-10-6-7-12(11)14(9)10/h1-5H,6-8H2,(H,15,16). The highest BCUT2D eigenvalue weighted by Crippen LogP contribution is 2.33. The molecule has 0 aliphatic heterocycles. The first-order valence-electron chi connectivity index (χ1n) is 5.50. The molecule has 2 aromatic rings. The van der Waals surface area contributed by atoms with Crippen LogP contribution in [0.2, 0.25) is 0 Å². The Labute approximate surface area is 93.5 Å². The molecule has 16 heavy (non-hydrogen) atoms. The fraction of sp³-hybridized carbons (Fsp3) is 0.214.